The van der Waals surface area contributed by atoms with Crippen molar-refractivity contribution >= 4 is 5.91 Å². The van der Waals surface area contributed by atoms with Gasteiger partial charge in [0.1, 0.15) is 0 Å². The van der Waals surface area contributed by atoms with Gasteiger partial charge >= 0.3 is 0 Å². The Bertz CT molecular complexity index is 227. The third-order valence-electron chi connectivity index (χ3n) is 3.74. The summed E-state index contributed by atoms with van der Waals surface area (Å²) in [6.45, 7) is 8.11. The summed E-state index contributed by atoms with van der Waals surface area (Å²) in [6, 6.07) is -0.360. The van der Waals surface area contributed by atoms with E-state index in [1.807, 2.05) is 6.92 Å². The number of carbonyl (C=O) groups excluding carboxylic acids is 1. The van der Waals surface area contributed by atoms with Crippen LogP contribution in [0.3, 0.4) is 0 Å². The number of nitrogens with one attached hydrogen (secondary N) is 1. The second-order valence-corrected chi connectivity index (χ2v) is 5.10. The molecule has 1 rings (SSSR count). The summed E-state index contributed by atoms with van der Waals surface area (Å²) < 4.78 is 0. The highest BCUT2D eigenvalue weighted by molar-refractivity contribution is 5.81. The van der Waals surface area contributed by atoms with Crippen molar-refractivity contribution in [2.45, 2.75) is 45.6 Å². The summed E-state index contributed by atoms with van der Waals surface area (Å²) in [7, 11) is 0. The standard InChI is InChI=1S/C13H27N3O/c1-3-11(2)12(14)13(17)15-7-10-16-8-5-4-6-9-16/h11-12H,3-10,14H2,1-2H3,(H,15,17). The maximum Gasteiger partial charge on any atom is 0.237 e. The second kappa shape index (κ2) is 7.67. The molecule has 1 saturated heterocycles. The molecule has 1 amide bonds. The van der Waals surface area contributed by atoms with Gasteiger partial charge in [-0.25, -0.2) is 0 Å². The van der Waals surface area contributed by atoms with Crippen LogP contribution >= 0.6 is 0 Å². The van der Waals surface area contributed by atoms with Gasteiger partial charge in [-0.15, -0.1) is 0 Å². The summed E-state index contributed by atoms with van der Waals surface area (Å²) in [4.78, 5) is 14.1. The lowest BCUT2D eigenvalue weighted by molar-refractivity contribution is -0.123. The van der Waals surface area contributed by atoms with E-state index in [1.165, 1.54) is 32.4 Å². The summed E-state index contributed by atoms with van der Waals surface area (Å²) in [6.07, 6.45) is 4.88. The van der Waals surface area contributed by atoms with Gasteiger partial charge in [-0.3, -0.25) is 4.79 Å². The molecule has 1 heterocycles. The molecule has 0 aromatic rings. The largest absolute Gasteiger partial charge is 0.353 e. The molecule has 0 radical (unpaired) electrons. The zero-order valence-corrected chi connectivity index (χ0v) is 11.2. The van der Waals surface area contributed by atoms with Crippen LogP contribution < -0.4 is 11.1 Å². The number of hydrogen-bond donors (Lipinski definition) is 2. The molecule has 0 bridgehead atoms. The van der Waals surface area contributed by atoms with Crippen LogP contribution in [0.25, 0.3) is 0 Å². The van der Waals surface area contributed by atoms with Gasteiger partial charge < -0.3 is 16.0 Å². The van der Waals surface area contributed by atoms with Gasteiger partial charge in [0.05, 0.1) is 6.04 Å². The van der Waals surface area contributed by atoms with Crippen LogP contribution in [0.1, 0.15) is 39.5 Å². The topological polar surface area (TPSA) is 58.4 Å². The summed E-state index contributed by atoms with van der Waals surface area (Å²) in [5.41, 5.74) is 5.86. The SMILES string of the molecule is CCC(C)C(N)C(=O)NCCN1CCCCC1. The van der Waals surface area contributed by atoms with Crippen molar-refractivity contribution < 1.29 is 4.79 Å². The van der Waals surface area contributed by atoms with Crippen LogP contribution in [0.5, 0.6) is 0 Å². The molecule has 0 aromatic heterocycles. The Hall–Kier alpha value is -0.610. The molecule has 3 N–H and O–H groups in total. The summed E-state index contributed by atoms with van der Waals surface area (Å²) in [5.74, 6) is 0.251. The van der Waals surface area contributed by atoms with Crippen LogP contribution in [0.4, 0.5) is 0 Å². The van der Waals surface area contributed by atoms with Crippen molar-refractivity contribution in [2.75, 3.05) is 26.2 Å². The number of hydrogen-bond acceptors (Lipinski definition) is 3. The Balaban J connectivity index is 2.14. The van der Waals surface area contributed by atoms with Gasteiger partial charge in [-0.1, -0.05) is 26.7 Å². The monoisotopic (exact) mass is 241 g/mol. The molecule has 2 unspecified atom stereocenters. The predicted octanol–water partition coefficient (Wildman–Crippen LogP) is 0.962. The van der Waals surface area contributed by atoms with Crippen molar-refractivity contribution in [3.8, 4) is 0 Å². The Morgan fingerprint density at radius 2 is 2.00 bits per heavy atom. The van der Waals surface area contributed by atoms with Crippen LogP contribution in [-0.2, 0) is 4.79 Å². The van der Waals surface area contributed by atoms with E-state index in [0.29, 0.717) is 0 Å². The Kier molecular flexibility index (Phi) is 6.52. The second-order valence-electron chi connectivity index (χ2n) is 5.10. The van der Waals surface area contributed by atoms with E-state index < -0.39 is 0 Å². The first kappa shape index (κ1) is 14.5. The van der Waals surface area contributed by atoms with Gasteiger partial charge in [-0.05, 0) is 31.8 Å². The van der Waals surface area contributed by atoms with E-state index in [2.05, 4.69) is 17.1 Å². The van der Waals surface area contributed by atoms with E-state index in [1.54, 1.807) is 0 Å². The molecule has 100 valence electrons. The van der Waals surface area contributed by atoms with E-state index in [4.69, 9.17) is 5.73 Å². The highest BCUT2D eigenvalue weighted by Gasteiger charge is 2.19. The zero-order chi connectivity index (χ0) is 12.7. The fraction of sp³-hybridized carbons (Fsp3) is 0.923. The van der Waals surface area contributed by atoms with Gasteiger partial charge in [0.15, 0.2) is 0 Å². The average Bonchev–Trinajstić information content (AvgIpc) is 2.38. The number of likely N-dealkylation sites (tertiary alicyclic amines) is 1. The minimum Gasteiger partial charge on any atom is -0.353 e. The molecule has 0 spiro atoms. The molecule has 17 heavy (non-hydrogen) atoms. The number of amides is 1. The van der Waals surface area contributed by atoms with Crippen LogP contribution in [0.2, 0.25) is 0 Å². The number of rotatable bonds is 6. The fourth-order valence-electron chi connectivity index (χ4n) is 2.15. The summed E-state index contributed by atoms with van der Waals surface area (Å²) in [5, 5.41) is 2.94. The highest BCUT2D eigenvalue weighted by atomic mass is 16.2. The third kappa shape index (κ3) is 5.04. The lowest BCUT2D eigenvalue weighted by atomic mass is 9.99. The fourth-order valence-corrected chi connectivity index (χ4v) is 2.15. The van der Waals surface area contributed by atoms with Crippen molar-refractivity contribution in [3.05, 3.63) is 0 Å². The molecule has 2 atom stereocenters. The zero-order valence-electron chi connectivity index (χ0n) is 11.2. The molecular weight excluding hydrogens is 214 g/mol. The smallest absolute Gasteiger partial charge is 0.237 e. The molecule has 4 heteroatoms. The summed E-state index contributed by atoms with van der Waals surface area (Å²) >= 11 is 0. The average molecular weight is 241 g/mol. The van der Waals surface area contributed by atoms with E-state index in [-0.39, 0.29) is 17.9 Å². The van der Waals surface area contributed by atoms with Crippen molar-refractivity contribution in [2.24, 2.45) is 11.7 Å². The lowest BCUT2D eigenvalue weighted by Crippen LogP contribution is -2.47. The van der Waals surface area contributed by atoms with Crippen LogP contribution in [-0.4, -0.2) is 43.0 Å². The molecule has 4 nitrogen and oxygen atoms in total. The Morgan fingerprint density at radius 3 is 2.59 bits per heavy atom. The van der Waals surface area contributed by atoms with Crippen molar-refractivity contribution in [1.82, 2.24) is 10.2 Å². The van der Waals surface area contributed by atoms with Gasteiger partial charge in [0.2, 0.25) is 5.91 Å². The third-order valence-corrected chi connectivity index (χ3v) is 3.74. The maximum atomic E-state index is 11.7. The van der Waals surface area contributed by atoms with Crippen molar-refractivity contribution in [3.63, 3.8) is 0 Å². The Labute approximate surface area is 105 Å². The van der Waals surface area contributed by atoms with Gasteiger partial charge in [0, 0.05) is 13.1 Å². The highest BCUT2D eigenvalue weighted by Crippen LogP contribution is 2.07. The maximum absolute atomic E-state index is 11.7. The van der Waals surface area contributed by atoms with E-state index in [9.17, 15) is 4.79 Å². The molecular formula is C13H27N3O. The molecule has 0 aliphatic carbocycles. The number of carbonyl (C=O) groups is 1. The van der Waals surface area contributed by atoms with Crippen molar-refractivity contribution in [1.29, 1.82) is 0 Å². The first-order chi connectivity index (χ1) is 8.15. The minimum atomic E-state index is -0.360. The molecule has 0 saturated carbocycles. The number of piperidine rings is 1. The first-order valence-electron chi connectivity index (χ1n) is 6.90. The van der Waals surface area contributed by atoms with Gasteiger partial charge in [-0.2, -0.15) is 0 Å². The lowest BCUT2D eigenvalue weighted by Gasteiger charge is -2.26. The predicted molar refractivity (Wildman–Crippen MR) is 70.7 cm³/mol. The normalized spacial score (nSPS) is 20.9. The minimum absolute atomic E-state index is 0.00337. The first-order valence-corrected chi connectivity index (χ1v) is 6.90. The molecule has 1 aliphatic heterocycles. The van der Waals surface area contributed by atoms with E-state index in [0.717, 1.165) is 19.5 Å². The molecule has 1 aliphatic rings. The number of nitrogens with two attached hydrogens (primary N) is 1. The van der Waals surface area contributed by atoms with Crippen LogP contribution in [0.15, 0.2) is 0 Å². The molecule has 0 aromatic carbocycles. The van der Waals surface area contributed by atoms with Gasteiger partial charge in [0.25, 0.3) is 0 Å². The number of nitrogens with zero attached hydrogens (tertiary/aromatic N) is 1. The van der Waals surface area contributed by atoms with E-state index >= 15 is 0 Å². The molecule has 1 fully saturated rings. The quantitative estimate of drug-likeness (QED) is 0.728. The van der Waals surface area contributed by atoms with Crippen LogP contribution in [0, 0.1) is 5.92 Å². The Morgan fingerprint density at radius 1 is 1.35 bits per heavy atom.